The molecule has 2 aliphatic heterocycles. The number of hydrogen-bond acceptors (Lipinski definition) is 15. The maximum Gasteiger partial charge on any atom is 0.336 e. The molecule has 3 aromatic rings. The van der Waals surface area contributed by atoms with E-state index in [1.807, 2.05) is 0 Å². The maximum absolute atomic E-state index is 12.4. The van der Waals surface area contributed by atoms with Crippen LogP contribution in [0.15, 0.2) is 45.6 Å². The minimum Gasteiger partial charge on any atom is -0.504 e. The number of aromatic hydroxyl groups is 2. The van der Waals surface area contributed by atoms with Crippen molar-refractivity contribution in [2.45, 2.75) is 48.7 Å². The number of fused-ring (bicyclic) bond motifs is 1. The first kappa shape index (κ1) is 30.0. The van der Waals surface area contributed by atoms with Crippen LogP contribution in [0, 0.1) is 0 Å². The molecule has 1 aromatic heterocycles. The highest BCUT2D eigenvalue weighted by atomic mass is 16.7. The zero-order valence-corrected chi connectivity index (χ0v) is 22.1. The van der Waals surface area contributed by atoms with Crippen molar-refractivity contribution in [3.63, 3.8) is 0 Å². The number of phenols is 2. The second kappa shape index (κ2) is 11.6. The third-order valence-electron chi connectivity index (χ3n) is 7.22. The Bertz CT molecular complexity index is 1490. The standard InChI is InChI=1S/C27H30O15/c1-37-12-5-16-20(13(7-19(31)40-16)11-2-3-14(29)15(30)4-11)17(6-12)41-25-23(34)22(33)21(32)18(42-25)8-38-26-24(35)27(36,9-28)10-39-26/h2-7,18,21-26,28-30,32-36H,8-10H2,1H3/t18-,21-,22+,23-,24+,25-,26-,27-/m1/s1. The number of rotatable bonds is 8. The molecule has 2 fully saturated rings. The van der Waals surface area contributed by atoms with E-state index in [0.29, 0.717) is 5.56 Å². The molecule has 0 unspecified atom stereocenters. The molecular formula is C27H30O15. The molecule has 0 radical (unpaired) electrons. The molecule has 2 aliphatic rings. The van der Waals surface area contributed by atoms with Crippen molar-refractivity contribution in [2.24, 2.45) is 0 Å². The molecule has 3 heterocycles. The summed E-state index contributed by atoms with van der Waals surface area (Å²) in [5.74, 6) is -0.712. The van der Waals surface area contributed by atoms with Gasteiger partial charge in [-0.1, -0.05) is 6.07 Å². The molecule has 8 atom stereocenters. The Morgan fingerprint density at radius 3 is 2.40 bits per heavy atom. The SMILES string of the molecule is COc1cc(O[C@@H]2O[C@H](CO[C@@H]3OC[C@](O)(CO)[C@H]3O)[C@@H](O)[C@H](O)[C@H]2O)c2c(-c3ccc(O)c(O)c3)cc(=O)oc2c1. The van der Waals surface area contributed by atoms with Gasteiger partial charge in [-0.15, -0.1) is 0 Å². The van der Waals surface area contributed by atoms with E-state index in [4.69, 9.17) is 28.1 Å². The lowest BCUT2D eigenvalue weighted by Crippen LogP contribution is -2.60. The Morgan fingerprint density at radius 2 is 1.74 bits per heavy atom. The first-order chi connectivity index (χ1) is 19.9. The topological polar surface area (TPSA) is 238 Å². The summed E-state index contributed by atoms with van der Waals surface area (Å²) in [5, 5.41) is 81.5. The van der Waals surface area contributed by atoms with Gasteiger partial charge in [-0.25, -0.2) is 4.79 Å². The highest BCUT2D eigenvalue weighted by Gasteiger charge is 2.50. The molecule has 0 spiro atoms. The Kier molecular flexibility index (Phi) is 8.30. The smallest absolute Gasteiger partial charge is 0.336 e. The molecule has 0 aliphatic carbocycles. The van der Waals surface area contributed by atoms with E-state index in [9.17, 15) is 45.6 Å². The van der Waals surface area contributed by atoms with Gasteiger partial charge < -0.3 is 69.0 Å². The molecule has 15 heteroatoms. The van der Waals surface area contributed by atoms with Gasteiger partial charge in [0.25, 0.3) is 0 Å². The van der Waals surface area contributed by atoms with E-state index in [1.54, 1.807) is 0 Å². The fourth-order valence-electron chi connectivity index (χ4n) is 4.77. The molecule has 0 amide bonds. The van der Waals surface area contributed by atoms with Crippen molar-refractivity contribution in [1.82, 2.24) is 0 Å². The first-order valence-corrected chi connectivity index (χ1v) is 12.7. The number of hydrogen-bond donors (Lipinski definition) is 8. The summed E-state index contributed by atoms with van der Waals surface area (Å²) in [5.41, 5.74) is -2.20. The molecule has 2 saturated heterocycles. The lowest BCUT2D eigenvalue weighted by atomic mass is 9.98. The number of aliphatic hydroxyl groups excluding tert-OH is 5. The highest BCUT2D eigenvalue weighted by molar-refractivity contribution is 5.98. The maximum atomic E-state index is 12.4. The van der Waals surface area contributed by atoms with Crippen molar-refractivity contribution in [3.8, 4) is 34.1 Å². The molecular weight excluding hydrogens is 564 g/mol. The summed E-state index contributed by atoms with van der Waals surface area (Å²) in [4.78, 5) is 12.4. The normalized spacial score (nSPS) is 31.4. The van der Waals surface area contributed by atoms with Gasteiger partial charge in [-0.3, -0.25) is 0 Å². The predicted molar refractivity (Wildman–Crippen MR) is 139 cm³/mol. The quantitative estimate of drug-likeness (QED) is 0.110. The zero-order chi connectivity index (χ0) is 30.3. The van der Waals surface area contributed by atoms with Gasteiger partial charge in [0.15, 0.2) is 17.8 Å². The summed E-state index contributed by atoms with van der Waals surface area (Å²) in [7, 11) is 1.35. The molecule has 0 saturated carbocycles. The molecule has 228 valence electrons. The van der Waals surface area contributed by atoms with Gasteiger partial charge >= 0.3 is 5.63 Å². The van der Waals surface area contributed by atoms with Crippen molar-refractivity contribution < 1.29 is 69.0 Å². The van der Waals surface area contributed by atoms with Gasteiger partial charge in [0.05, 0.1) is 32.3 Å². The average molecular weight is 595 g/mol. The molecule has 8 N–H and O–H groups in total. The lowest BCUT2D eigenvalue weighted by Gasteiger charge is -2.40. The van der Waals surface area contributed by atoms with Crippen molar-refractivity contribution in [3.05, 3.63) is 46.8 Å². The van der Waals surface area contributed by atoms with Crippen molar-refractivity contribution >= 4 is 11.0 Å². The largest absolute Gasteiger partial charge is 0.504 e. The summed E-state index contributed by atoms with van der Waals surface area (Å²) in [6, 6.07) is 7.80. The third kappa shape index (κ3) is 5.49. The van der Waals surface area contributed by atoms with Crippen LogP contribution in [0.5, 0.6) is 23.0 Å². The molecule has 0 bridgehead atoms. The number of ether oxygens (including phenoxy) is 5. The summed E-state index contributed by atoms with van der Waals surface area (Å²) in [6.07, 6.45) is -11.2. The van der Waals surface area contributed by atoms with Crippen LogP contribution in [0.4, 0.5) is 0 Å². The van der Waals surface area contributed by atoms with Crippen LogP contribution in [0.25, 0.3) is 22.1 Å². The Labute approximate surface area is 236 Å². The summed E-state index contributed by atoms with van der Waals surface area (Å²) in [6.45, 7) is -1.71. The molecule has 42 heavy (non-hydrogen) atoms. The van der Waals surface area contributed by atoms with Crippen LogP contribution in [-0.4, -0.2) is 116 Å². The number of benzene rings is 2. The average Bonchev–Trinajstić information content (AvgIpc) is 3.26. The summed E-state index contributed by atoms with van der Waals surface area (Å²) < 4.78 is 32.9. The Morgan fingerprint density at radius 1 is 0.976 bits per heavy atom. The predicted octanol–water partition coefficient (Wildman–Crippen LogP) is -1.48. The van der Waals surface area contributed by atoms with E-state index in [1.165, 1.54) is 37.4 Å². The van der Waals surface area contributed by atoms with E-state index >= 15 is 0 Å². The zero-order valence-electron chi connectivity index (χ0n) is 22.1. The number of aliphatic hydroxyl groups is 6. The molecule has 15 nitrogen and oxygen atoms in total. The molecule has 2 aromatic carbocycles. The first-order valence-electron chi connectivity index (χ1n) is 12.7. The molecule has 5 rings (SSSR count). The van der Waals surface area contributed by atoms with Crippen molar-refractivity contribution in [2.75, 3.05) is 26.9 Å². The lowest BCUT2D eigenvalue weighted by molar-refractivity contribution is -0.289. The second-order valence-electron chi connectivity index (χ2n) is 10.0. The van der Waals surface area contributed by atoms with Crippen molar-refractivity contribution in [1.29, 1.82) is 0 Å². The fourth-order valence-corrected chi connectivity index (χ4v) is 4.77. The van der Waals surface area contributed by atoms with Crippen LogP contribution in [0.3, 0.4) is 0 Å². The second-order valence-corrected chi connectivity index (χ2v) is 10.0. The number of phenolic OH excluding ortho intramolecular Hbond substituents is 2. The highest BCUT2D eigenvalue weighted by Crippen LogP contribution is 2.41. The van der Waals surface area contributed by atoms with Crippen LogP contribution in [-0.2, 0) is 14.2 Å². The monoisotopic (exact) mass is 594 g/mol. The Balaban J connectivity index is 1.47. The van der Waals surface area contributed by atoms with Crippen LogP contribution in [0.1, 0.15) is 0 Å². The van der Waals surface area contributed by atoms with Gasteiger partial charge in [0, 0.05) is 23.8 Å². The minimum absolute atomic E-state index is 0.00563. The van der Waals surface area contributed by atoms with Crippen LogP contribution < -0.4 is 15.1 Å². The summed E-state index contributed by atoms with van der Waals surface area (Å²) >= 11 is 0. The number of methoxy groups -OCH3 is 1. The van der Waals surface area contributed by atoms with Gasteiger partial charge in [-0.05, 0) is 17.7 Å². The van der Waals surface area contributed by atoms with E-state index < -0.39 is 79.9 Å². The van der Waals surface area contributed by atoms with E-state index in [2.05, 4.69) is 0 Å². The third-order valence-corrected chi connectivity index (χ3v) is 7.22. The van der Waals surface area contributed by atoms with E-state index in [-0.39, 0.29) is 33.8 Å². The van der Waals surface area contributed by atoms with Crippen LogP contribution in [0.2, 0.25) is 0 Å². The van der Waals surface area contributed by atoms with Gasteiger partial charge in [0.1, 0.15) is 53.2 Å². The fraction of sp³-hybridized carbons (Fsp3) is 0.444. The van der Waals surface area contributed by atoms with Crippen LogP contribution >= 0.6 is 0 Å². The van der Waals surface area contributed by atoms with Gasteiger partial charge in [-0.2, -0.15) is 0 Å². The van der Waals surface area contributed by atoms with Gasteiger partial charge in [0.2, 0.25) is 6.29 Å². The van der Waals surface area contributed by atoms with E-state index in [0.717, 1.165) is 6.07 Å². The minimum atomic E-state index is -1.95. The Hall–Kier alpha value is -3.51.